The van der Waals surface area contributed by atoms with Crippen LogP contribution >= 0.6 is 0 Å². The van der Waals surface area contributed by atoms with Crippen LogP contribution in [0.2, 0.25) is 0 Å². The molecule has 1 saturated heterocycles. The molecule has 1 aliphatic rings. The zero-order chi connectivity index (χ0) is 22.3. The Morgan fingerprint density at radius 3 is 2.48 bits per heavy atom. The van der Waals surface area contributed by atoms with E-state index in [2.05, 4.69) is 10.6 Å². The van der Waals surface area contributed by atoms with Crippen molar-refractivity contribution in [2.75, 3.05) is 33.4 Å². The fraction of sp³-hybridized carbons (Fsp3) is 0.333. The van der Waals surface area contributed by atoms with E-state index in [1.54, 1.807) is 25.3 Å². The van der Waals surface area contributed by atoms with Gasteiger partial charge in [-0.25, -0.2) is 8.42 Å². The molecule has 1 aliphatic heterocycles. The molecule has 2 N–H and O–H groups in total. The lowest BCUT2D eigenvalue weighted by atomic mass is 10.1. The van der Waals surface area contributed by atoms with Crippen LogP contribution in [0.25, 0.3) is 0 Å². The largest absolute Gasteiger partial charge is 0.496 e. The summed E-state index contributed by atoms with van der Waals surface area (Å²) in [6.45, 7) is 0.493. The maximum absolute atomic E-state index is 12.8. The second-order valence-corrected chi connectivity index (χ2v) is 8.67. The van der Waals surface area contributed by atoms with Gasteiger partial charge in [0, 0.05) is 13.1 Å². The van der Waals surface area contributed by atoms with E-state index in [1.165, 1.54) is 16.4 Å². The molecule has 0 aromatic heterocycles. The van der Waals surface area contributed by atoms with Crippen molar-refractivity contribution in [1.29, 1.82) is 0 Å². The highest BCUT2D eigenvalue weighted by molar-refractivity contribution is 7.89. The topological polar surface area (TPSA) is 114 Å². The van der Waals surface area contributed by atoms with E-state index in [9.17, 15) is 18.0 Å². The Hall–Kier alpha value is -2.95. The number of benzene rings is 2. The zero-order valence-electron chi connectivity index (χ0n) is 17.1. The van der Waals surface area contributed by atoms with E-state index >= 15 is 0 Å². The number of carbonyl (C=O) groups is 2. The molecule has 10 heteroatoms. The minimum Gasteiger partial charge on any atom is -0.496 e. The van der Waals surface area contributed by atoms with Crippen LogP contribution in [-0.4, -0.2) is 64.1 Å². The van der Waals surface area contributed by atoms with Crippen molar-refractivity contribution in [3.63, 3.8) is 0 Å². The summed E-state index contributed by atoms with van der Waals surface area (Å²) in [7, 11) is -2.20. The van der Waals surface area contributed by atoms with Crippen LogP contribution in [0.1, 0.15) is 5.56 Å². The van der Waals surface area contributed by atoms with Gasteiger partial charge in [-0.05, 0) is 30.2 Å². The van der Waals surface area contributed by atoms with Crippen molar-refractivity contribution in [2.24, 2.45) is 0 Å². The minimum atomic E-state index is -3.76. The molecule has 9 nitrogen and oxygen atoms in total. The molecule has 0 unspecified atom stereocenters. The van der Waals surface area contributed by atoms with Gasteiger partial charge in [0.1, 0.15) is 12.0 Å². The van der Waals surface area contributed by atoms with E-state index in [4.69, 9.17) is 9.47 Å². The van der Waals surface area contributed by atoms with Crippen LogP contribution in [0.5, 0.6) is 5.75 Å². The van der Waals surface area contributed by atoms with Gasteiger partial charge in [0.05, 0.1) is 25.2 Å². The molecular formula is C21H25N3O6S. The van der Waals surface area contributed by atoms with Gasteiger partial charge in [0.25, 0.3) is 0 Å². The average Bonchev–Trinajstić information content (AvgIpc) is 3.28. The summed E-state index contributed by atoms with van der Waals surface area (Å²) >= 11 is 0. The Kier molecular flexibility index (Phi) is 7.61. The highest BCUT2D eigenvalue weighted by Crippen LogP contribution is 2.21. The maximum atomic E-state index is 12.8. The number of methoxy groups -OCH3 is 1. The Morgan fingerprint density at radius 1 is 1.06 bits per heavy atom. The normalized spacial score (nSPS) is 16.6. The number of para-hydroxylation sites is 1. The second kappa shape index (κ2) is 10.4. The van der Waals surface area contributed by atoms with Crippen LogP contribution < -0.4 is 15.4 Å². The summed E-state index contributed by atoms with van der Waals surface area (Å²) in [6.07, 6.45) is -0.381. The van der Waals surface area contributed by atoms with Crippen molar-refractivity contribution in [3.8, 4) is 5.75 Å². The third-order valence-electron chi connectivity index (χ3n) is 4.81. The summed E-state index contributed by atoms with van der Waals surface area (Å²) in [5, 5.41) is 4.99. The predicted octanol–water partition coefficient (Wildman–Crippen LogP) is 0.517. The van der Waals surface area contributed by atoms with E-state index in [0.29, 0.717) is 12.2 Å². The number of carbonyl (C=O) groups excluding carboxylic acids is 2. The third-order valence-corrected chi connectivity index (χ3v) is 6.71. The molecule has 0 spiro atoms. The van der Waals surface area contributed by atoms with E-state index < -0.39 is 28.1 Å². The average molecular weight is 448 g/mol. The molecule has 31 heavy (non-hydrogen) atoms. The molecular weight excluding hydrogens is 422 g/mol. The van der Waals surface area contributed by atoms with Crippen molar-refractivity contribution in [1.82, 2.24) is 14.9 Å². The van der Waals surface area contributed by atoms with Crippen LogP contribution in [0.4, 0.5) is 0 Å². The van der Waals surface area contributed by atoms with Crippen LogP contribution in [0, 0.1) is 0 Å². The summed E-state index contributed by atoms with van der Waals surface area (Å²) in [5.74, 6) is -0.947. The van der Waals surface area contributed by atoms with E-state index in [1.807, 2.05) is 24.3 Å². The van der Waals surface area contributed by atoms with Crippen molar-refractivity contribution in [3.05, 3.63) is 60.2 Å². The predicted molar refractivity (Wildman–Crippen MR) is 113 cm³/mol. The summed E-state index contributed by atoms with van der Waals surface area (Å²) < 4.78 is 37.5. The van der Waals surface area contributed by atoms with Crippen LogP contribution in [-0.2, 0) is 30.8 Å². The van der Waals surface area contributed by atoms with Crippen LogP contribution in [0.15, 0.2) is 59.5 Å². The van der Waals surface area contributed by atoms with Crippen molar-refractivity contribution >= 4 is 21.8 Å². The molecule has 3 rings (SSSR count). The first-order valence-electron chi connectivity index (χ1n) is 9.80. The number of amides is 2. The highest BCUT2D eigenvalue weighted by atomic mass is 32.2. The number of sulfonamides is 1. The minimum absolute atomic E-state index is 0.134. The monoisotopic (exact) mass is 447 g/mol. The highest BCUT2D eigenvalue weighted by Gasteiger charge is 2.36. The number of ether oxygens (including phenoxy) is 2. The molecule has 2 aromatic rings. The van der Waals surface area contributed by atoms with Crippen LogP contribution in [0.3, 0.4) is 0 Å². The first-order chi connectivity index (χ1) is 14.9. The van der Waals surface area contributed by atoms with Crippen molar-refractivity contribution < 1.29 is 27.5 Å². The fourth-order valence-electron chi connectivity index (χ4n) is 3.23. The third kappa shape index (κ3) is 5.60. The van der Waals surface area contributed by atoms with Gasteiger partial charge in [-0.15, -0.1) is 0 Å². The van der Waals surface area contributed by atoms with E-state index in [0.717, 1.165) is 5.56 Å². The molecule has 1 atom stereocenters. The number of hydrogen-bond acceptors (Lipinski definition) is 6. The molecule has 0 aliphatic carbocycles. The van der Waals surface area contributed by atoms with Gasteiger partial charge < -0.3 is 20.1 Å². The maximum Gasteiger partial charge on any atom is 0.309 e. The molecule has 2 aromatic carbocycles. The lowest BCUT2D eigenvalue weighted by Gasteiger charge is -2.22. The summed E-state index contributed by atoms with van der Waals surface area (Å²) in [5.41, 5.74) is 0.909. The van der Waals surface area contributed by atoms with Crippen molar-refractivity contribution in [2.45, 2.75) is 17.5 Å². The lowest BCUT2D eigenvalue weighted by Crippen LogP contribution is -2.47. The Bertz CT molecular complexity index is 1010. The Labute approximate surface area is 181 Å². The van der Waals surface area contributed by atoms with E-state index in [-0.39, 0.29) is 31.1 Å². The first-order valence-corrected chi connectivity index (χ1v) is 11.2. The van der Waals surface area contributed by atoms with Gasteiger partial charge in [-0.1, -0.05) is 36.4 Å². The quantitative estimate of drug-likeness (QED) is 0.571. The summed E-state index contributed by atoms with van der Waals surface area (Å²) in [4.78, 5) is 24.3. The van der Waals surface area contributed by atoms with Gasteiger partial charge in [-0.2, -0.15) is 4.31 Å². The number of nitrogens with zero attached hydrogens (tertiary/aromatic N) is 1. The van der Waals surface area contributed by atoms with Gasteiger partial charge in [0.2, 0.25) is 10.0 Å². The molecule has 2 amide bonds. The molecule has 1 fully saturated rings. The molecule has 166 valence electrons. The summed E-state index contributed by atoms with van der Waals surface area (Å²) in [6, 6.07) is 15.4. The smallest absolute Gasteiger partial charge is 0.309 e. The molecule has 1 heterocycles. The first kappa shape index (κ1) is 22.7. The number of nitrogens with one attached hydrogen (secondary N) is 2. The molecule has 0 radical (unpaired) electrons. The van der Waals surface area contributed by atoms with Gasteiger partial charge in [-0.3, -0.25) is 9.59 Å². The Morgan fingerprint density at radius 2 is 1.74 bits per heavy atom. The SMILES string of the molecule is COc1ccccc1CCNC(=O)C(=O)NC[C@@H]1OCCN1S(=O)(=O)c1ccccc1. The number of rotatable bonds is 8. The molecule has 0 bridgehead atoms. The Balaban J connectivity index is 1.49. The standard InChI is InChI=1S/C21H25N3O6S/c1-29-18-10-6-5-7-16(18)11-12-22-20(25)21(26)23-15-19-24(13-14-30-19)31(27,28)17-8-3-2-4-9-17/h2-10,19H,11-15H2,1H3,(H,22,25)(H,23,26)/t19-/m0/s1. The lowest BCUT2D eigenvalue weighted by molar-refractivity contribution is -0.139. The second-order valence-electron chi connectivity index (χ2n) is 6.78. The fourth-order valence-corrected chi connectivity index (χ4v) is 4.76. The number of hydrogen-bond donors (Lipinski definition) is 2. The van der Waals surface area contributed by atoms with Gasteiger partial charge in [0.15, 0.2) is 0 Å². The molecule has 0 saturated carbocycles. The zero-order valence-corrected chi connectivity index (χ0v) is 17.9. The van der Waals surface area contributed by atoms with Gasteiger partial charge >= 0.3 is 11.8 Å².